The van der Waals surface area contributed by atoms with E-state index in [1.54, 1.807) is 0 Å². The zero-order chi connectivity index (χ0) is 13.6. The summed E-state index contributed by atoms with van der Waals surface area (Å²) in [6.45, 7) is 0.852. The maximum atomic E-state index is 10.4. The average Bonchev–Trinajstić information content (AvgIpc) is 2.92. The Morgan fingerprint density at radius 1 is 1.10 bits per heavy atom. The van der Waals surface area contributed by atoms with E-state index >= 15 is 0 Å². The van der Waals surface area contributed by atoms with Gasteiger partial charge in [-0.15, -0.1) is 0 Å². The Morgan fingerprint density at radius 3 is 2.60 bits per heavy atom. The van der Waals surface area contributed by atoms with Gasteiger partial charge in [0.2, 0.25) is 0 Å². The van der Waals surface area contributed by atoms with E-state index in [2.05, 4.69) is 58.7 Å². The van der Waals surface area contributed by atoms with Gasteiger partial charge in [0.25, 0.3) is 0 Å². The lowest BCUT2D eigenvalue weighted by Crippen LogP contribution is -2.33. The molecule has 20 heavy (non-hydrogen) atoms. The molecule has 4 rings (SSSR count). The zero-order valence-electron chi connectivity index (χ0n) is 11.3. The first kappa shape index (κ1) is 11.8. The van der Waals surface area contributed by atoms with Crippen molar-refractivity contribution in [1.29, 1.82) is 0 Å². The van der Waals surface area contributed by atoms with Crippen molar-refractivity contribution in [3.8, 4) is 0 Å². The van der Waals surface area contributed by atoms with Gasteiger partial charge in [-0.3, -0.25) is 0 Å². The Balaban J connectivity index is 1.64. The molecule has 0 bridgehead atoms. The lowest BCUT2D eigenvalue weighted by atomic mass is 9.75. The highest BCUT2D eigenvalue weighted by atomic mass is 16.3. The molecule has 1 saturated carbocycles. The molecule has 0 amide bonds. The van der Waals surface area contributed by atoms with Gasteiger partial charge in [0, 0.05) is 18.1 Å². The highest BCUT2D eigenvalue weighted by Gasteiger charge is 2.35. The summed E-state index contributed by atoms with van der Waals surface area (Å²) >= 11 is 0. The third kappa shape index (κ3) is 1.78. The molecular formula is C17H18N2O. The zero-order valence-corrected chi connectivity index (χ0v) is 11.3. The molecule has 2 N–H and O–H groups in total. The summed E-state index contributed by atoms with van der Waals surface area (Å²) in [5.41, 5.74) is 4.04. The van der Waals surface area contributed by atoms with E-state index in [4.69, 9.17) is 0 Å². The minimum atomic E-state index is -0.569. The van der Waals surface area contributed by atoms with Gasteiger partial charge in [-0.1, -0.05) is 24.3 Å². The molecule has 2 heterocycles. The lowest BCUT2D eigenvalue weighted by Gasteiger charge is -2.37. The van der Waals surface area contributed by atoms with Crippen LogP contribution in [0.1, 0.15) is 36.1 Å². The molecule has 1 aliphatic carbocycles. The summed E-state index contributed by atoms with van der Waals surface area (Å²) < 4.78 is 2.15. The van der Waals surface area contributed by atoms with Crippen molar-refractivity contribution in [3.63, 3.8) is 0 Å². The number of fused-ring (bicyclic) bond motifs is 1. The van der Waals surface area contributed by atoms with Crippen molar-refractivity contribution >= 4 is 11.9 Å². The van der Waals surface area contributed by atoms with Crippen LogP contribution in [-0.4, -0.2) is 9.67 Å². The average molecular weight is 266 g/mol. The number of hydrogen-bond acceptors (Lipinski definition) is 2. The van der Waals surface area contributed by atoms with Crippen LogP contribution in [0.4, 0.5) is 0 Å². The van der Waals surface area contributed by atoms with Gasteiger partial charge in [-0.2, -0.15) is 0 Å². The van der Waals surface area contributed by atoms with Crippen LogP contribution in [0.3, 0.4) is 0 Å². The number of aliphatic hydroxyl groups is 1. The van der Waals surface area contributed by atoms with Crippen LogP contribution in [0, 0.1) is 0 Å². The molecule has 0 atom stereocenters. The van der Waals surface area contributed by atoms with Gasteiger partial charge < -0.3 is 15.0 Å². The van der Waals surface area contributed by atoms with E-state index in [1.807, 2.05) is 0 Å². The molecule has 1 aliphatic heterocycles. The number of benzene rings is 1. The number of rotatable bonds is 2. The van der Waals surface area contributed by atoms with Crippen LogP contribution in [0.2, 0.25) is 0 Å². The molecule has 102 valence electrons. The van der Waals surface area contributed by atoms with Gasteiger partial charge >= 0.3 is 0 Å². The molecule has 1 aromatic carbocycles. The van der Waals surface area contributed by atoms with E-state index in [9.17, 15) is 5.11 Å². The van der Waals surface area contributed by atoms with E-state index < -0.39 is 5.60 Å². The second kappa shape index (κ2) is 4.25. The van der Waals surface area contributed by atoms with Crippen LogP contribution < -0.4 is 5.32 Å². The van der Waals surface area contributed by atoms with Crippen LogP contribution in [-0.2, 0) is 12.1 Å². The Kier molecular flexibility index (Phi) is 2.51. The summed E-state index contributed by atoms with van der Waals surface area (Å²) in [4.78, 5) is 0. The predicted octanol–water partition coefficient (Wildman–Crippen LogP) is 2.92. The van der Waals surface area contributed by atoms with Crippen molar-refractivity contribution in [1.82, 2.24) is 9.88 Å². The molecule has 3 nitrogen and oxygen atoms in total. The van der Waals surface area contributed by atoms with Gasteiger partial charge in [0.1, 0.15) is 0 Å². The first-order chi connectivity index (χ1) is 9.74. The van der Waals surface area contributed by atoms with E-state index in [0.717, 1.165) is 42.6 Å². The van der Waals surface area contributed by atoms with Gasteiger partial charge in [-0.25, -0.2) is 0 Å². The highest BCUT2D eigenvalue weighted by Crippen LogP contribution is 2.41. The monoisotopic (exact) mass is 266 g/mol. The molecule has 2 aliphatic rings. The van der Waals surface area contributed by atoms with Crippen molar-refractivity contribution in [2.45, 2.75) is 31.4 Å². The van der Waals surface area contributed by atoms with Crippen molar-refractivity contribution < 1.29 is 5.11 Å². The van der Waals surface area contributed by atoms with E-state index in [-0.39, 0.29) is 0 Å². The summed E-state index contributed by atoms with van der Waals surface area (Å²) in [7, 11) is 0. The molecule has 0 spiro atoms. The summed E-state index contributed by atoms with van der Waals surface area (Å²) in [5, 5.41) is 13.8. The molecule has 3 heteroatoms. The van der Waals surface area contributed by atoms with Crippen LogP contribution in [0.25, 0.3) is 11.9 Å². The maximum absolute atomic E-state index is 10.4. The predicted molar refractivity (Wildman–Crippen MR) is 79.6 cm³/mol. The van der Waals surface area contributed by atoms with Crippen LogP contribution in [0.5, 0.6) is 0 Å². The van der Waals surface area contributed by atoms with Gasteiger partial charge in [0.15, 0.2) is 0 Å². The molecule has 0 saturated heterocycles. The SMILES string of the molecule is OC1(c2ccc(C3=Cn4cccc4CN3)cc2)CCC1. The third-order valence-electron chi connectivity index (χ3n) is 4.51. The molecule has 1 aromatic heterocycles. The van der Waals surface area contributed by atoms with Crippen LogP contribution >= 0.6 is 0 Å². The Bertz CT molecular complexity index is 663. The number of nitrogens with zero attached hydrogens (tertiary/aromatic N) is 1. The van der Waals surface area contributed by atoms with Crippen LogP contribution in [0.15, 0.2) is 42.6 Å². The van der Waals surface area contributed by atoms with E-state index in [0.29, 0.717) is 0 Å². The minimum Gasteiger partial charge on any atom is -0.385 e. The maximum Gasteiger partial charge on any atom is 0.0896 e. The number of hydrogen-bond donors (Lipinski definition) is 2. The minimum absolute atomic E-state index is 0.569. The first-order valence-corrected chi connectivity index (χ1v) is 7.19. The summed E-state index contributed by atoms with van der Waals surface area (Å²) in [5.74, 6) is 0. The molecule has 0 unspecified atom stereocenters. The standard InChI is InChI=1S/C17H18N2O/c20-17(8-2-9-17)14-6-4-13(5-7-14)16-12-19-10-1-3-15(19)11-18-16/h1,3-7,10,12,18,20H,2,8-9,11H2. The summed E-state index contributed by atoms with van der Waals surface area (Å²) in [6.07, 6.45) is 7.09. The van der Waals surface area contributed by atoms with E-state index in [1.165, 1.54) is 5.69 Å². The first-order valence-electron chi connectivity index (χ1n) is 7.19. The van der Waals surface area contributed by atoms with Crippen molar-refractivity contribution in [2.24, 2.45) is 0 Å². The third-order valence-corrected chi connectivity index (χ3v) is 4.51. The fraction of sp³-hybridized carbons (Fsp3) is 0.294. The largest absolute Gasteiger partial charge is 0.385 e. The summed E-state index contributed by atoms with van der Waals surface area (Å²) in [6, 6.07) is 12.5. The fourth-order valence-corrected chi connectivity index (χ4v) is 3.01. The Morgan fingerprint density at radius 2 is 1.90 bits per heavy atom. The second-order valence-corrected chi connectivity index (χ2v) is 5.77. The Hall–Kier alpha value is -2.00. The topological polar surface area (TPSA) is 37.2 Å². The second-order valence-electron chi connectivity index (χ2n) is 5.77. The smallest absolute Gasteiger partial charge is 0.0896 e. The van der Waals surface area contributed by atoms with Gasteiger partial charge in [0.05, 0.1) is 17.8 Å². The molecule has 1 fully saturated rings. The Labute approximate surface area is 118 Å². The van der Waals surface area contributed by atoms with Gasteiger partial charge in [-0.05, 0) is 42.5 Å². The van der Waals surface area contributed by atoms with Crippen molar-refractivity contribution in [3.05, 3.63) is 59.4 Å². The number of aromatic nitrogens is 1. The molecular weight excluding hydrogens is 248 g/mol. The molecule has 2 aromatic rings. The normalized spacial score (nSPS) is 19.6. The quantitative estimate of drug-likeness (QED) is 0.877. The fourth-order valence-electron chi connectivity index (χ4n) is 3.01. The lowest BCUT2D eigenvalue weighted by molar-refractivity contribution is -0.0387. The molecule has 0 radical (unpaired) electrons. The number of nitrogens with one attached hydrogen (secondary N) is 1. The highest BCUT2D eigenvalue weighted by molar-refractivity contribution is 5.75. The van der Waals surface area contributed by atoms with Crippen molar-refractivity contribution in [2.75, 3.05) is 0 Å².